The summed E-state index contributed by atoms with van der Waals surface area (Å²) in [6.45, 7) is 5.34. The van der Waals surface area contributed by atoms with Crippen LogP contribution in [0, 0.1) is 5.92 Å². The molecule has 4 heteroatoms. The van der Waals surface area contributed by atoms with Crippen LogP contribution >= 0.6 is 0 Å². The second-order valence-corrected chi connectivity index (χ2v) is 4.71. The molecule has 0 saturated carbocycles. The van der Waals surface area contributed by atoms with Gasteiger partial charge in [0.25, 0.3) is 6.01 Å². The fourth-order valence-corrected chi connectivity index (χ4v) is 1.72. The molecule has 0 aliphatic heterocycles. The molecule has 0 bridgehead atoms. The van der Waals surface area contributed by atoms with E-state index < -0.39 is 0 Å². The SMILES string of the molecule is CC(C)CCCNc1nc2ccc(N)cc2o1. The zero-order chi connectivity index (χ0) is 12.3. The molecule has 17 heavy (non-hydrogen) atoms. The van der Waals surface area contributed by atoms with Crippen molar-refractivity contribution in [3.8, 4) is 0 Å². The van der Waals surface area contributed by atoms with Crippen LogP contribution in [0.3, 0.4) is 0 Å². The van der Waals surface area contributed by atoms with E-state index in [1.807, 2.05) is 12.1 Å². The first-order chi connectivity index (χ1) is 8.15. The fraction of sp³-hybridized carbons (Fsp3) is 0.462. The Morgan fingerprint density at radius 1 is 1.41 bits per heavy atom. The molecule has 4 nitrogen and oxygen atoms in total. The molecule has 1 aromatic carbocycles. The van der Waals surface area contributed by atoms with Gasteiger partial charge in [-0.05, 0) is 30.9 Å². The monoisotopic (exact) mass is 233 g/mol. The lowest BCUT2D eigenvalue weighted by Gasteiger charge is -2.03. The molecule has 2 aromatic rings. The number of anilines is 2. The van der Waals surface area contributed by atoms with Gasteiger partial charge < -0.3 is 15.5 Å². The number of aromatic nitrogens is 1. The summed E-state index contributed by atoms with van der Waals surface area (Å²) < 4.78 is 5.55. The number of hydrogen-bond donors (Lipinski definition) is 2. The maximum atomic E-state index is 5.68. The first kappa shape index (κ1) is 11.8. The molecular formula is C13H19N3O. The minimum absolute atomic E-state index is 0.578. The van der Waals surface area contributed by atoms with E-state index in [4.69, 9.17) is 10.2 Å². The van der Waals surface area contributed by atoms with Crippen LogP contribution in [0.1, 0.15) is 26.7 Å². The largest absolute Gasteiger partial charge is 0.423 e. The van der Waals surface area contributed by atoms with Gasteiger partial charge in [0.05, 0.1) is 0 Å². The number of fused-ring (bicyclic) bond motifs is 1. The van der Waals surface area contributed by atoms with Gasteiger partial charge in [-0.15, -0.1) is 0 Å². The molecule has 0 aliphatic carbocycles. The second kappa shape index (κ2) is 5.08. The van der Waals surface area contributed by atoms with Crippen molar-refractivity contribution >= 4 is 22.8 Å². The molecule has 0 spiro atoms. The topological polar surface area (TPSA) is 64.1 Å². The van der Waals surface area contributed by atoms with Crippen LogP contribution in [0.4, 0.5) is 11.7 Å². The molecular weight excluding hydrogens is 214 g/mol. The molecule has 0 atom stereocenters. The van der Waals surface area contributed by atoms with Gasteiger partial charge >= 0.3 is 0 Å². The Balaban J connectivity index is 1.95. The smallest absolute Gasteiger partial charge is 0.295 e. The van der Waals surface area contributed by atoms with E-state index in [2.05, 4.69) is 24.1 Å². The summed E-state index contributed by atoms with van der Waals surface area (Å²) in [5.41, 5.74) is 7.95. The highest BCUT2D eigenvalue weighted by Gasteiger charge is 2.05. The lowest BCUT2D eigenvalue weighted by atomic mass is 10.1. The number of hydrogen-bond acceptors (Lipinski definition) is 4. The summed E-state index contributed by atoms with van der Waals surface area (Å²) >= 11 is 0. The van der Waals surface area contributed by atoms with Gasteiger partial charge in [-0.2, -0.15) is 4.98 Å². The Kier molecular flexibility index (Phi) is 3.52. The second-order valence-electron chi connectivity index (χ2n) is 4.71. The van der Waals surface area contributed by atoms with Crippen molar-refractivity contribution in [2.24, 2.45) is 5.92 Å². The Labute approximate surface area is 101 Å². The van der Waals surface area contributed by atoms with Crippen molar-refractivity contribution in [3.63, 3.8) is 0 Å². The molecule has 0 fully saturated rings. The van der Waals surface area contributed by atoms with E-state index in [1.165, 1.54) is 6.42 Å². The van der Waals surface area contributed by atoms with E-state index in [9.17, 15) is 0 Å². The predicted molar refractivity (Wildman–Crippen MR) is 71.0 cm³/mol. The normalized spacial score (nSPS) is 11.2. The van der Waals surface area contributed by atoms with Crippen molar-refractivity contribution in [2.45, 2.75) is 26.7 Å². The average Bonchev–Trinajstić information content (AvgIpc) is 2.66. The van der Waals surface area contributed by atoms with Crippen molar-refractivity contribution in [3.05, 3.63) is 18.2 Å². The quantitative estimate of drug-likeness (QED) is 0.614. The summed E-state index contributed by atoms with van der Waals surface area (Å²) in [5.74, 6) is 0.736. The summed E-state index contributed by atoms with van der Waals surface area (Å²) in [4.78, 5) is 4.34. The zero-order valence-electron chi connectivity index (χ0n) is 10.4. The maximum Gasteiger partial charge on any atom is 0.295 e. The van der Waals surface area contributed by atoms with Crippen molar-refractivity contribution in [1.29, 1.82) is 0 Å². The third-order valence-corrected chi connectivity index (χ3v) is 2.65. The van der Waals surface area contributed by atoms with Gasteiger partial charge in [-0.1, -0.05) is 13.8 Å². The van der Waals surface area contributed by atoms with Crippen LogP contribution in [0.15, 0.2) is 22.6 Å². The molecule has 92 valence electrons. The highest BCUT2D eigenvalue weighted by Crippen LogP contribution is 2.21. The minimum atomic E-state index is 0.578. The summed E-state index contributed by atoms with van der Waals surface area (Å²) in [6, 6.07) is 6.07. The molecule has 3 N–H and O–H groups in total. The Bertz CT molecular complexity index is 490. The molecule has 1 heterocycles. The fourth-order valence-electron chi connectivity index (χ4n) is 1.72. The summed E-state index contributed by atoms with van der Waals surface area (Å²) in [6.07, 6.45) is 2.33. The Hall–Kier alpha value is -1.71. The average molecular weight is 233 g/mol. The summed E-state index contributed by atoms with van der Waals surface area (Å²) in [7, 11) is 0. The highest BCUT2D eigenvalue weighted by atomic mass is 16.4. The third-order valence-electron chi connectivity index (χ3n) is 2.65. The van der Waals surface area contributed by atoms with Gasteiger partial charge in [-0.25, -0.2) is 0 Å². The lowest BCUT2D eigenvalue weighted by Crippen LogP contribution is -2.02. The van der Waals surface area contributed by atoms with Crippen molar-refractivity contribution in [2.75, 3.05) is 17.6 Å². The van der Waals surface area contributed by atoms with E-state index in [-0.39, 0.29) is 0 Å². The minimum Gasteiger partial charge on any atom is -0.423 e. The number of nitrogen functional groups attached to an aromatic ring is 1. The lowest BCUT2D eigenvalue weighted by molar-refractivity contribution is 0.557. The molecule has 1 aromatic heterocycles. The molecule has 0 saturated heterocycles. The van der Waals surface area contributed by atoms with Crippen molar-refractivity contribution in [1.82, 2.24) is 4.98 Å². The number of oxazole rings is 1. The van der Waals surface area contributed by atoms with E-state index in [0.29, 0.717) is 11.7 Å². The molecule has 0 aliphatic rings. The Morgan fingerprint density at radius 3 is 3.00 bits per heavy atom. The van der Waals surface area contributed by atoms with Gasteiger partial charge in [0.1, 0.15) is 5.52 Å². The van der Waals surface area contributed by atoms with Crippen LogP contribution in [0.25, 0.3) is 11.1 Å². The van der Waals surface area contributed by atoms with Crippen molar-refractivity contribution < 1.29 is 4.42 Å². The zero-order valence-corrected chi connectivity index (χ0v) is 10.4. The van der Waals surface area contributed by atoms with Gasteiger partial charge in [0.15, 0.2) is 5.58 Å². The van der Waals surface area contributed by atoms with Gasteiger partial charge in [0, 0.05) is 18.3 Å². The Morgan fingerprint density at radius 2 is 2.24 bits per heavy atom. The van der Waals surface area contributed by atoms with Gasteiger partial charge in [0.2, 0.25) is 0 Å². The van der Waals surface area contributed by atoms with E-state index in [0.717, 1.165) is 30.0 Å². The molecule has 0 amide bonds. The number of benzene rings is 1. The number of nitrogens with zero attached hydrogens (tertiary/aromatic N) is 1. The maximum absolute atomic E-state index is 5.68. The first-order valence-electron chi connectivity index (χ1n) is 6.05. The number of nitrogens with one attached hydrogen (secondary N) is 1. The predicted octanol–water partition coefficient (Wildman–Crippen LogP) is 3.26. The van der Waals surface area contributed by atoms with Crippen LogP contribution in [-0.2, 0) is 0 Å². The van der Waals surface area contributed by atoms with E-state index >= 15 is 0 Å². The van der Waals surface area contributed by atoms with Crippen LogP contribution < -0.4 is 11.1 Å². The van der Waals surface area contributed by atoms with Crippen LogP contribution in [0.5, 0.6) is 0 Å². The first-order valence-corrected chi connectivity index (χ1v) is 6.05. The standard InChI is InChI=1S/C13H19N3O/c1-9(2)4-3-7-15-13-16-11-6-5-10(14)8-12(11)17-13/h5-6,8-9H,3-4,7,14H2,1-2H3,(H,15,16). The third kappa shape index (κ3) is 3.12. The molecule has 0 radical (unpaired) electrons. The van der Waals surface area contributed by atoms with E-state index in [1.54, 1.807) is 6.07 Å². The van der Waals surface area contributed by atoms with Crippen LogP contribution in [-0.4, -0.2) is 11.5 Å². The molecule has 2 rings (SSSR count). The van der Waals surface area contributed by atoms with Crippen LogP contribution in [0.2, 0.25) is 0 Å². The number of nitrogens with two attached hydrogens (primary N) is 1. The molecule has 0 unspecified atom stereocenters. The summed E-state index contributed by atoms with van der Waals surface area (Å²) in [5, 5.41) is 3.19. The highest BCUT2D eigenvalue weighted by molar-refractivity contribution is 5.77. The number of rotatable bonds is 5. The van der Waals surface area contributed by atoms with Gasteiger partial charge in [-0.3, -0.25) is 0 Å².